The summed E-state index contributed by atoms with van der Waals surface area (Å²) in [5, 5.41) is 20.2. The first-order valence-electron chi connectivity index (χ1n) is 4.68. The molecule has 0 heterocycles. The van der Waals surface area contributed by atoms with E-state index in [9.17, 15) is 9.90 Å². The molecule has 0 fully saturated rings. The Morgan fingerprint density at radius 2 is 2.00 bits per heavy atom. The predicted octanol–water partition coefficient (Wildman–Crippen LogP) is -2.34. The second-order valence-electron chi connectivity index (χ2n) is 3.06. The molecule has 16 heavy (non-hydrogen) atoms. The van der Waals surface area contributed by atoms with E-state index in [1.165, 1.54) is 0 Å². The maximum atomic E-state index is 11.5. The quantitative estimate of drug-likeness (QED) is 0.357. The van der Waals surface area contributed by atoms with Crippen molar-refractivity contribution in [2.75, 3.05) is 0 Å². The molecular weight excluding hydrogens is 217 g/mol. The van der Waals surface area contributed by atoms with Crippen molar-refractivity contribution in [1.29, 1.82) is 0 Å². The second kappa shape index (κ2) is 7.44. The molecule has 0 saturated carbocycles. The molecular formula is C11H12NNaO3. The van der Waals surface area contributed by atoms with Crippen molar-refractivity contribution in [3.63, 3.8) is 0 Å². The first-order chi connectivity index (χ1) is 7.15. The van der Waals surface area contributed by atoms with Crippen molar-refractivity contribution in [2.45, 2.75) is 19.4 Å². The fourth-order valence-corrected chi connectivity index (χ4v) is 1.12. The number of carboxylic acid groups (broad SMARTS) is 1. The van der Waals surface area contributed by atoms with Gasteiger partial charge in [0.15, 0.2) is 0 Å². The van der Waals surface area contributed by atoms with E-state index in [2.05, 4.69) is 4.99 Å². The van der Waals surface area contributed by atoms with Crippen molar-refractivity contribution in [3.8, 4) is 0 Å². The summed E-state index contributed by atoms with van der Waals surface area (Å²) in [6, 6.07) is 7.49. The normalized spacial score (nSPS) is 12.7. The van der Waals surface area contributed by atoms with Crippen LogP contribution in [0.5, 0.6) is 0 Å². The zero-order valence-electron chi connectivity index (χ0n) is 9.38. The molecule has 0 saturated heterocycles. The Morgan fingerprint density at radius 1 is 1.44 bits per heavy atom. The molecule has 0 amide bonds. The molecule has 1 rings (SSSR count). The van der Waals surface area contributed by atoms with Gasteiger partial charge in [0.05, 0.1) is 0 Å². The van der Waals surface area contributed by atoms with E-state index in [1.54, 1.807) is 37.3 Å². The smallest absolute Gasteiger partial charge is 0.858 e. The molecule has 1 aromatic carbocycles. The van der Waals surface area contributed by atoms with Crippen LogP contribution in [-0.4, -0.2) is 23.0 Å². The van der Waals surface area contributed by atoms with Crippen LogP contribution in [0.25, 0.3) is 0 Å². The van der Waals surface area contributed by atoms with Crippen LogP contribution in [0.3, 0.4) is 0 Å². The van der Waals surface area contributed by atoms with Gasteiger partial charge < -0.3 is 10.2 Å². The molecule has 0 aliphatic carbocycles. The topological polar surface area (TPSA) is 72.7 Å². The molecule has 0 aliphatic rings. The average molecular weight is 229 g/mol. The third-order valence-corrected chi connectivity index (χ3v) is 1.97. The van der Waals surface area contributed by atoms with Gasteiger partial charge in [-0.1, -0.05) is 37.3 Å². The van der Waals surface area contributed by atoms with Gasteiger partial charge in [-0.25, -0.2) is 4.79 Å². The average Bonchev–Trinajstić information content (AvgIpc) is 2.26. The van der Waals surface area contributed by atoms with Crippen molar-refractivity contribution in [3.05, 3.63) is 35.9 Å². The van der Waals surface area contributed by atoms with Crippen LogP contribution in [0, 0.1) is 0 Å². The molecule has 5 heteroatoms. The summed E-state index contributed by atoms with van der Waals surface area (Å²) in [7, 11) is 0. The molecule has 4 nitrogen and oxygen atoms in total. The predicted molar refractivity (Wildman–Crippen MR) is 54.7 cm³/mol. The van der Waals surface area contributed by atoms with E-state index in [4.69, 9.17) is 5.11 Å². The summed E-state index contributed by atoms with van der Waals surface area (Å²) < 4.78 is 0. The van der Waals surface area contributed by atoms with Crippen LogP contribution in [0.2, 0.25) is 0 Å². The van der Waals surface area contributed by atoms with E-state index in [0.29, 0.717) is 12.0 Å². The summed E-state index contributed by atoms with van der Waals surface area (Å²) in [5.41, 5.74) is 0.414. The first kappa shape index (κ1) is 15.2. The summed E-state index contributed by atoms with van der Waals surface area (Å²) in [6.45, 7) is 1.68. The van der Waals surface area contributed by atoms with Crippen LogP contribution in [0.4, 0.5) is 0 Å². The minimum atomic E-state index is -1.07. The van der Waals surface area contributed by atoms with Gasteiger partial charge in [-0.05, 0) is 17.9 Å². The van der Waals surface area contributed by atoms with Crippen molar-refractivity contribution in [1.82, 2.24) is 0 Å². The fourth-order valence-electron chi connectivity index (χ4n) is 1.12. The zero-order valence-corrected chi connectivity index (χ0v) is 11.4. The van der Waals surface area contributed by atoms with Gasteiger partial charge in [0.25, 0.3) is 0 Å². The van der Waals surface area contributed by atoms with Crippen molar-refractivity contribution < 1.29 is 44.6 Å². The van der Waals surface area contributed by atoms with Gasteiger partial charge in [0.2, 0.25) is 0 Å². The number of carbonyl (C=O) groups is 1. The molecule has 80 valence electrons. The number of carboxylic acids is 1. The fraction of sp³-hybridized carbons (Fsp3) is 0.273. The monoisotopic (exact) mass is 229 g/mol. The van der Waals surface area contributed by atoms with Gasteiger partial charge in [-0.2, -0.15) is 0 Å². The Morgan fingerprint density at radius 3 is 2.44 bits per heavy atom. The maximum absolute atomic E-state index is 11.5. The van der Waals surface area contributed by atoms with Crippen molar-refractivity contribution in [2.24, 2.45) is 4.99 Å². The third-order valence-electron chi connectivity index (χ3n) is 1.97. The Labute approximate surface area is 116 Å². The number of rotatable bonds is 4. The number of aliphatic imine (C=N–C) groups is 1. The molecule has 1 N–H and O–H groups in total. The molecule has 0 radical (unpaired) electrons. The van der Waals surface area contributed by atoms with Gasteiger partial charge in [0, 0.05) is 0 Å². The number of benzene rings is 1. The SMILES string of the molecule is CC[C@@H](N=C([O-])c1ccccc1)C(=O)O.[Na+]. The van der Waals surface area contributed by atoms with Crippen LogP contribution in [0.15, 0.2) is 35.3 Å². The first-order valence-corrected chi connectivity index (χ1v) is 4.68. The van der Waals surface area contributed by atoms with E-state index >= 15 is 0 Å². The van der Waals surface area contributed by atoms with Crippen LogP contribution < -0.4 is 34.7 Å². The summed E-state index contributed by atoms with van der Waals surface area (Å²) in [6.07, 6.45) is 0.313. The van der Waals surface area contributed by atoms with Gasteiger partial charge in [0.1, 0.15) is 6.04 Å². The maximum Gasteiger partial charge on any atom is 1.00 e. The molecule has 0 spiro atoms. The minimum Gasteiger partial charge on any atom is -0.858 e. The van der Waals surface area contributed by atoms with Crippen LogP contribution in [0.1, 0.15) is 18.9 Å². The third kappa shape index (κ3) is 4.35. The largest absolute Gasteiger partial charge is 1.00 e. The number of aliphatic carboxylic acids is 1. The Bertz CT molecular complexity index is 365. The minimum absolute atomic E-state index is 0. The van der Waals surface area contributed by atoms with E-state index < -0.39 is 17.9 Å². The Kier molecular flexibility index (Phi) is 7.05. The Hall–Kier alpha value is -0.840. The molecule has 0 bridgehead atoms. The summed E-state index contributed by atoms with van der Waals surface area (Å²) in [5.74, 6) is -1.55. The van der Waals surface area contributed by atoms with Crippen LogP contribution >= 0.6 is 0 Å². The Balaban J connectivity index is 0.00000225. The van der Waals surface area contributed by atoms with E-state index in [-0.39, 0.29) is 29.6 Å². The summed E-state index contributed by atoms with van der Waals surface area (Å²) in [4.78, 5) is 14.3. The van der Waals surface area contributed by atoms with Crippen molar-refractivity contribution >= 4 is 11.9 Å². The van der Waals surface area contributed by atoms with E-state index in [0.717, 1.165) is 0 Å². The number of hydrogen-bond donors (Lipinski definition) is 1. The molecule has 0 aliphatic heterocycles. The molecule has 0 unspecified atom stereocenters. The molecule has 0 aromatic heterocycles. The number of hydrogen-bond acceptors (Lipinski definition) is 3. The molecule has 1 atom stereocenters. The zero-order chi connectivity index (χ0) is 11.3. The standard InChI is InChI=1S/C11H13NO3.Na/c1-2-9(11(14)15)12-10(13)8-6-4-3-5-7-8;/h3-7,9H,2H2,1H3,(H,12,13)(H,14,15);/q;+1/p-1/t9-;/m1./s1. The van der Waals surface area contributed by atoms with Crippen LogP contribution in [-0.2, 0) is 4.79 Å². The number of nitrogens with zero attached hydrogens (tertiary/aromatic N) is 1. The van der Waals surface area contributed by atoms with Gasteiger partial charge in [-0.15, -0.1) is 0 Å². The molecule has 1 aromatic rings. The van der Waals surface area contributed by atoms with Gasteiger partial charge in [-0.3, -0.25) is 4.99 Å². The summed E-state index contributed by atoms with van der Waals surface area (Å²) >= 11 is 0. The van der Waals surface area contributed by atoms with E-state index in [1.807, 2.05) is 0 Å². The second-order valence-corrected chi connectivity index (χ2v) is 3.06. The van der Waals surface area contributed by atoms with Gasteiger partial charge >= 0.3 is 35.5 Å².